The Morgan fingerprint density at radius 1 is 0.886 bits per heavy atom. The van der Waals surface area contributed by atoms with E-state index in [0.29, 0.717) is 17.1 Å². The summed E-state index contributed by atoms with van der Waals surface area (Å²) in [6, 6.07) is 14.6. The molecule has 0 atom stereocenters. The molecule has 0 bridgehead atoms. The van der Waals surface area contributed by atoms with E-state index in [1.807, 2.05) is 45.0 Å². The van der Waals surface area contributed by atoms with Crippen LogP contribution in [0.1, 0.15) is 64.5 Å². The van der Waals surface area contributed by atoms with E-state index >= 15 is 0 Å². The Morgan fingerprint density at radius 3 is 2.26 bits per heavy atom. The van der Waals surface area contributed by atoms with Gasteiger partial charge in [-0.25, -0.2) is 4.98 Å². The van der Waals surface area contributed by atoms with Crippen molar-refractivity contribution in [2.45, 2.75) is 71.6 Å². The van der Waals surface area contributed by atoms with Gasteiger partial charge in [-0.05, 0) is 63.4 Å². The summed E-state index contributed by atoms with van der Waals surface area (Å²) in [5, 5.41) is 5.81. The lowest BCUT2D eigenvalue weighted by molar-refractivity contribution is -0.137. The zero-order valence-corrected chi connectivity index (χ0v) is 20.7. The first-order valence-corrected chi connectivity index (χ1v) is 11.9. The first-order valence-electron chi connectivity index (χ1n) is 11.9. The summed E-state index contributed by atoms with van der Waals surface area (Å²) in [5.74, 6) is 0.133. The van der Waals surface area contributed by atoms with E-state index < -0.39 is 17.3 Å². The molecule has 0 saturated carbocycles. The molecule has 0 unspecified atom stereocenters. The second kappa shape index (κ2) is 11.4. The maximum Gasteiger partial charge on any atom is 0.421 e. The number of halogens is 3. The number of anilines is 4. The molecule has 0 aliphatic heterocycles. The van der Waals surface area contributed by atoms with Crippen molar-refractivity contribution in [3.63, 3.8) is 0 Å². The Balaban J connectivity index is 1.81. The number of rotatable bonds is 10. The number of unbranched alkanes of at least 4 members (excludes halogenated alkanes) is 3. The molecular weight excluding hydrogens is 453 g/mol. The molecule has 35 heavy (non-hydrogen) atoms. The van der Waals surface area contributed by atoms with E-state index in [1.165, 1.54) is 24.8 Å². The first-order chi connectivity index (χ1) is 16.5. The van der Waals surface area contributed by atoms with E-state index in [2.05, 4.69) is 27.5 Å². The van der Waals surface area contributed by atoms with Crippen LogP contribution in [0.2, 0.25) is 0 Å². The molecule has 1 heterocycles. The number of hydrogen-bond acceptors (Lipinski definition) is 5. The van der Waals surface area contributed by atoms with Gasteiger partial charge >= 0.3 is 6.18 Å². The summed E-state index contributed by atoms with van der Waals surface area (Å²) in [6.07, 6.45) is 1.93. The molecule has 0 fully saturated rings. The number of alkyl halides is 3. The second-order valence-electron chi connectivity index (χ2n) is 9.42. The molecule has 2 N–H and O–H groups in total. The molecule has 1 aromatic heterocycles. The molecule has 2 aromatic carbocycles. The molecule has 0 radical (unpaired) electrons. The van der Waals surface area contributed by atoms with Crippen molar-refractivity contribution >= 4 is 23.1 Å². The number of ether oxygens (including phenoxy) is 1. The van der Waals surface area contributed by atoms with Crippen molar-refractivity contribution < 1.29 is 17.9 Å². The SMILES string of the molecule is CCCCCCc1ccc(Nc2ncc(C(F)(F)F)c(Nc3ccccc3OC(C)(C)C)n2)cc1. The molecule has 0 spiro atoms. The molecule has 0 aliphatic carbocycles. The summed E-state index contributed by atoms with van der Waals surface area (Å²) in [7, 11) is 0. The van der Waals surface area contributed by atoms with Gasteiger partial charge in [0, 0.05) is 11.9 Å². The van der Waals surface area contributed by atoms with Crippen molar-refractivity contribution in [2.24, 2.45) is 0 Å². The maximum atomic E-state index is 13.7. The van der Waals surface area contributed by atoms with Gasteiger partial charge in [0.1, 0.15) is 22.7 Å². The summed E-state index contributed by atoms with van der Waals surface area (Å²) in [5.41, 5.74) is 0.814. The third-order valence-corrected chi connectivity index (χ3v) is 5.18. The lowest BCUT2D eigenvalue weighted by Crippen LogP contribution is -2.23. The maximum absolute atomic E-state index is 13.7. The Kier molecular flexibility index (Phi) is 8.59. The summed E-state index contributed by atoms with van der Waals surface area (Å²) in [4.78, 5) is 8.05. The van der Waals surface area contributed by atoms with E-state index in [0.717, 1.165) is 19.0 Å². The smallest absolute Gasteiger partial charge is 0.421 e. The predicted octanol–water partition coefficient (Wildman–Crippen LogP) is 8.28. The number of nitrogens with zero attached hydrogens (tertiary/aromatic N) is 2. The second-order valence-corrected chi connectivity index (χ2v) is 9.42. The van der Waals surface area contributed by atoms with Crippen molar-refractivity contribution in [1.29, 1.82) is 0 Å². The molecule has 0 aliphatic rings. The van der Waals surface area contributed by atoms with Crippen LogP contribution in [0, 0.1) is 0 Å². The van der Waals surface area contributed by atoms with Crippen LogP contribution in [0.3, 0.4) is 0 Å². The van der Waals surface area contributed by atoms with Crippen LogP contribution in [-0.4, -0.2) is 15.6 Å². The van der Waals surface area contributed by atoms with Crippen LogP contribution in [0.4, 0.5) is 36.3 Å². The van der Waals surface area contributed by atoms with E-state index in [9.17, 15) is 13.2 Å². The number of hydrogen-bond donors (Lipinski definition) is 2. The fourth-order valence-corrected chi connectivity index (χ4v) is 3.50. The highest BCUT2D eigenvalue weighted by atomic mass is 19.4. The zero-order chi connectivity index (χ0) is 25.5. The van der Waals surface area contributed by atoms with Crippen LogP contribution in [0.5, 0.6) is 5.75 Å². The zero-order valence-electron chi connectivity index (χ0n) is 20.7. The van der Waals surface area contributed by atoms with Crippen LogP contribution in [0.15, 0.2) is 54.7 Å². The highest BCUT2D eigenvalue weighted by Crippen LogP contribution is 2.37. The van der Waals surface area contributed by atoms with E-state index in [4.69, 9.17) is 4.74 Å². The van der Waals surface area contributed by atoms with Gasteiger partial charge in [0.05, 0.1) is 5.69 Å². The minimum Gasteiger partial charge on any atom is -0.486 e. The third kappa shape index (κ3) is 8.16. The van der Waals surface area contributed by atoms with Crippen molar-refractivity contribution in [1.82, 2.24) is 9.97 Å². The van der Waals surface area contributed by atoms with Gasteiger partial charge in [-0.2, -0.15) is 18.2 Å². The van der Waals surface area contributed by atoms with Gasteiger partial charge in [-0.3, -0.25) is 0 Å². The van der Waals surface area contributed by atoms with Crippen LogP contribution < -0.4 is 15.4 Å². The topological polar surface area (TPSA) is 59.1 Å². The Bertz CT molecular complexity index is 1090. The number of benzene rings is 2. The van der Waals surface area contributed by atoms with Gasteiger partial charge in [-0.1, -0.05) is 50.5 Å². The van der Waals surface area contributed by atoms with Gasteiger partial charge in [0.2, 0.25) is 5.95 Å². The van der Waals surface area contributed by atoms with E-state index in [1.54, 1.807) is 24.3 Å². The first kappa shape index (κ1) is 26.3. The normalized spacial score (nSPS) is 11.9. The molecule has 188 valence electrons. The Labute approximate surface area is 205 Å². The largest absolute Gasteiger partial charge is 0.486 e. The quantitative estimate of drug-likeness (QED) is 0.282. The van der Waals surface area contributed by atoms with E-state index in [-0.39, 0.29) is 11.8 Å². The molecule has 8 heteroatoms. The van der Waals surface area contributed by atoms with Crippen molar-refractivity contribution in [3.8, 4) is 5.75 Å². The fourth-order valence-electron chi connectivity index (χ4n) is 3.50. The van der Waals surface area contributed by atoms with Crippen molar-refractivity contribution in [2.75, 3.05) is 10.6 Å². The Hall–Kier alpha value is -3.29. The lowest BCUT2D eigenvalue weighted by Gasteiger charge is -2.24. The molecule has 0 amide bonds. The lowest BCUT2D eigenvalue weighted by atomic mass is 10.1. The molecule has 0 saturated heterocycles. The summed E-state index contributed by atoms with van der Waals surface area (Å²) < 4.78 is 47.0. The van der Waals surface area contributed by atoms with Gasteiger partial charge in [0.25, 0.3) is 0 Å². The fraction of sp³-hybridized carbons (Fsp3) is 0.407. The molecular formula is C27H33F3N4O. The third-order valence-electron chi connectivity index (χ3n) is 5.18. The molecule has 3 aromatic rings. The van der Waals surface area contributed by atoms with Crippen LogP contribution in [0.25, 0.3) is 0 Å². The van der Waals surface area contributed by atoms with Crippen LogP contribution >= 0.6 is 0 Å². The van der Waals surface area contributed by atoms with Gasteiger partial charge in [0.15, 0.2) is 0 Å². The number of nitrogens with one attached hydrogen (secondary N) is 2. The number of para-hydroxylation sites is 2. The van der Waals surface area contributed by atoms with Gasteiger partial charge < -0.3 is 15.4 Å². The minimum absolute atomic E-state index is 0.0606. The molecule has 3 rings (SSSR count). The highest BCUT2D eigenvalue weighted by molar-refractivity contribution is 5.67. The van der Waals surface area contributed by atoms with Crippen molar-refractivity contribution in [3.05, 3.63) is 65.9 Å². The average Bonchev–Trinajstić information content (AvgIpc) is 2.78. The number of aryl methyl sites for hydroxylation is 1. The summed E-state index contributed by atoms with van der Waals surface area (Å²) >= 11 is 0. The standard InChI is InChI=1S/C27H33F3N4O/c1-5-6-7-8-11-19-14-16-20(17-15-19)32-25-31-18-21(27(28,29)30)24(34-25)33-22-12-9-10-13-23(22)35-26(2,3)4/h9-10,12-18H,5-8,11H2,1-4H3,(H2,31,32,33,34). The minimum atomic E-state index is -4.62. The Morgan fingerprint density at radius 2 is 1.60 bits per heavy atom. The van der Waals surface area contributed by atoms with Crippen LogP contribution in [-0.2, 0) is 12.6 Å². The highest BCUT2D eigenvalue weighted by Gasteiger charge is 2.35. The summed E-state index contributed by atoms with van der Waals surface area (Å²) in [6.45, 7) is 7.79. The molecule has 5 nitrogen and oxygen atoms in total. The monoisotopic (exact) mass is 486 g/mol. The average molecular weight is 487 g/mol. The van der Waals surface area contributed by atoms with Gasteiger partial charge in [-0.15, -0.1) is 0 Å². The number of aromatic nitrogens is 2. The predicted molar refractivity (Wildman–Crippen MR) is 135 cm³/mol.